The van der Waals surface area contributed by atoms with Crippen molar-refractivity contribution in [2.75, 3.05) is 0 Å². The summed E-state index contributed by atoms with van der Waals surface area (Å²) in [6.45, 7) is 0. The third-order valence-electron chi connectivity index (χ3n) is 0. The van der Waals surface area contributed by atoms with E-state index < -0.39 is 11.6 Å². The Morgan fingerprint density at radius 3 is 1.20 bits per heavy atom. The van der Waals surface area contributed by atoms with Gasteiger partial charge < -0.3 is 14.6 Å². The van der Waals surface area contributed by atoms with Gasteiger partial charge in [0.1, 0.15) is 0 Å². The molecule has 0 aromatic rings. The Morgan fingerprint density at radius 2 is 1.20 bits per heavy atom. The molecular weight excluding hydrogens is 85.0 g/mol. The van der Waals surface area contributed by atoms with Gasteiger partial charge in [-0.1, -0.05) is 11.6 Å². The van der Waals surface area contributed by atoms with E-state index in [0.29, 0.717) is 0 Å². The molecule has 0 atom stereocenters. The molecule has 0 aliphatic rings. The second kappa shape index (κ2) is 24.4. The molecule has 0 aliphatic carbocycles. The van der Waals surface area contributed by atoms with Gasteiger partial charge in [0.25, 0.3) is 0 Å². The Hall–Kier alpha value is 0.507. The molecule has 0 radical (unpaired) electrons. The molecule has 0 unspecified atom stereocenters. The van der Waals surface area contributed by atoms with Crippen LogP contribution in [0.1, 0.15) is 0 Å². The number of thiol groups is 1. The maximum atomic E-state index is 8.35. The third-order valence-corrected chi connectivity index (χ3v) is 0. The van der Waals surface area contributed by atoms with Crippen molar-refractivity contribution < 1.29 is 27.3 Å². The van der Waals surface area contributed by atoms with Gasteiger partial charge in [0, 0.05) is 0 Å². The van der Waals surface area contributed by atoms with Gasteiger partial charge in [0.15, 0.2) is 0 Å². The van der Waals surface area contributed by atoms with Crippen molar-refractivity contribution in [2.45, 2.75) is 0 Å². The number of hydrogen-bond acceptors (Lipinski definition) is 4. The van der Waals surface area contributed by atoms with Crippen LogP contribution in [0.5, 0.6) is 0 Å². The van der Waals surface area contributed by atoms with Crippen LogP contribution in [0.4, 0.5) is 0 Å². The largest absolute Gasteiger partial charge is 1.00 e. The molecule has 0 saturated carbocycles. The van der Waals surface area contributed by atoms with Crippen molar-refractivity contribution in [3.05, 3.63) is 0 Å². The van der Waals surface area contributed by atoms with E-state index in [0.717, 1.165) is 0 Å². The first kappa shape index (κ1) is 17.8. The van der Waals surface area contributed by atoms with Crippen molar-refractivity contribution in [2.24, 2.45) is 0 Å². The van der Waals surface area contributed by atoms with Crippen molar-refractivity contribution >= 4 is 11.6 Å². The van der Waals surface area contributed by atoms with E-state index in [1.54, 1.807) is 0 Å². The van der Waals surface area contributed by atoms with Crippen molar-refractivity contribution in [1.82, 2.24) is 6.15 Å². The molecule has 0 amide bonds. The Morgan fingerprint density at radius 1 is 1.20 bits per heavy atom. The first-order valence-electron chi connectivity index (χ1n) is 0.365. The maximum absolute atomic E-state index is 8.35. The van der Waals surface area contributed by atoms with Gasteiger partial charge >= 0.3 is 18.9 Å². The molecule has 0 rings (SSSR count). The minimum atomic E-state index is -1.08. The number of rotatable bonds is 0. The molecule has 5 heavy (non-hydrogen) atoms. The molecule has 5 heteroatoms. The standard InChI is InChI=1S/Li.H3N.HO2S/c;;1-3-2/h;1H3;3H/q+1;;-1. The maximum Gasteiger partial charge on any atom is 1.00 e. The molecule has 3 nitrogen and oxygen atoms in total. The van der Waals surface area contributed by atoms with Crippen molar-refractivity contribution in [3.8, 4) is 0 Å². The Balaban J connectivity index is -0.0000000200. The first-order valence-corrected chi connectivity index (χ1v) is 1.10. The van der Waals surface area contributed by atoms with E-state index >= 15 is 0 Å². The quantitative estimate of drug-likeness (QED) is 0.191. The van der Waals surface area contributed by atoms with Crippen LogP contribution >= 0.6 is 0 Å². The topological polar surface area (TPSA) is 69.1 Å². The molecule has 0 heterocycles. The van der Waals surface area contributed by atoms with Crippen molar-refractivity contribution in [3.63, 3.8) is 0 Å². The van der Waals surface area contributed by atoms with Crippen LogP contribution in [0, 0.1) is 0 Å². The summed E-state index contributed by atoms with van der Waals surface area (Å²) in [5.74, 6) is 0. The molecule has 0 aromatic carbocycles. The normalized spacial score (nSPS) is 3.20. The van der Waals surface area contributed by atoms with Crippen LogP contribution in [-0.4, -0.2) is 0 Å². The van der Waals surface area contributed by atoms with E-state index in [2.05, 4.69) is 0 Å². The molecule has 28 valence electrons. The van der Waals surface area contributed by atoms with Gasteiger partial charge in [0.2, 0.25) is 0 Å². The Bertz CT molecular complexity index is 30.6. The van der Waals surface area contributed by atoms with Crippen molar-refractivity contribution in [1.29, 1.82) is 0 Å². The van der Waals surface area contributed by atoms with E-state index in [1.165, 1.54) is 0 Å². The van der Waals surface area contributed by atoms with E-state index in [9.17, 15) is 0 Å². The Kier molecular flexibility index (Phi) is 86.9. The molecule has 0 bridgehead atoms. The summed E-state index contributed by atoms with van der Waals surface area (Å²) in [4.78, 5) is 0. The van der Waals surface area contributed by atoms with Gasteiger partial charge in [-0.3, -0.25) is 0 Å². The summed E-state index contributed by atoms with van der Waals surface area (Å²) in [5.41, 5.74) is 0. The van der Waals surface area contributed by atoms with Crippen LogP contribution in [0.25, 0.3) is 0 Å². The zero-order valence-corrected chi connectivity index (χ0v) is 3.87. The van der Waals surface area contributed by atoms with Gasteiger partial charge in [0.05, 0.1) is 0 Å². The fourth-order valence-electron chi connectivity index (χ4n) is 0. The first-order chi connectivity index (χ1) is 1.41. The fraction of sp³-hybridized carbons (Fsp3) is 0. The van der Waals surface area contributed by atoms with Crippen LogP contribution in [0.3, 0.4) is 0 Å². The average Bonchev–Trinajstić information content (AvgIpc) is 0.918. The van der Waals surface area contributed by atoms with Crippen LogP contribution in [-0.2, 0) is 20.0 Å². The molecular formula is H4LiNO2S. The molecule has 3 N–H and O–H groups in total. The van der Waals surface area contributed by atoms with Gasteiger partial charge in [-0.15, -0.1) is 0 Å². The Labute approximate surface area is 45.5 Å². The molecule has 0 fully saturated rings. The molecule has 0 aromatic heterocycles. The predicted octanol–water partition coefficient (Wildman–Crippen LogP) is -3.34. The van der Waals surface area contributed by atoms with Gasteiger partial charge in [-0.05, 0) is 0 Å². The van der Waals surface area contributed by atoms with Gasteiger partial charge in [-0.25, -0.2) is 0 Å². The van der Waals surface area contributed by atoms with Crippen LogP contribution < -0.4 is 25.0 Å². The molecule has 0 spiro atoms. The minimum absolute atomic E-state index is 0. The molecule has 0 aliphatic heterocycles. The second-order valence-electron chi connectivity index (χ2n) is 0.0745. The summed E-state index contributed by atoms with van der Waals surface area (Å²) in [6, 6.07) is 0. The predicted molar refractivity (Wildman–Crippen MR) is 15.2 cm³/mol. The number of hydrogen-bond donors (Lipinski definition) is 1. The average molecular weight is 89.0 g/mol. The minimum Gasteiger partial charge on any atom is -0.427 e. The summed E-state index contributed by atoms with van der Waals surface area (Å²) < 4.78 is 16.7. The van der Waals surface area contributed by atoms with E-state index in [4.69, 9.17) is 8.42 Å². The van der Waals surface area contributed by atoms with Crippen LogP contribution in [0.2, 0.25) is 0 Å². The monoisotopic (exact) mass is 89.0 g/mol. The SMILES string of the molecule is N.O=[SH-]=O.[Li+]. The summed E-state index contributed by atoms with van der Waals surface area (Å²) >= 11 is -1.08. The van der Waals surface area contributed by atoms with Gasteiger partial charge in [-0.2, -0.15) is 0 Å². The third kappa shape index (κ3) is 110. The van der Waals surface area contributed by atoms with Crippen LogP contribution in [0.15, 0.2) is 0 Å². The van der Waals surface area contributed by atoms with E-state index in [-0.39, 0.29) is 25.0 Å². The summed E-state index contributed by atoms with van der Waals surface area (Å²) in [6.07, 6.45) is 0. The fourth-order valence-corrected chi connectivity index (χ4v) is 0. The second-order valence-corrected chi connectivity index (χ2v) is 0.224. The zero-order chi connectivity index (χ0) is 2.71. The smallest absolute Gasteiger partial charge is 0.427 e. The van der Waals surface area contributed by atoms with E-state index in [1.807, 2.05) is 0 Å². The summed E-state index contributed by atoms with van der Waals surface area (Å²) in [5, 5.41) is 0. The molecule has 0 saturated heterocycles. The summed E-state index contributed by atoms with van der Waals surface area (Å²) in [7, 11) is 0. The zero-order valence-electron chi connectivity index (χ0n) is 2.97.